The lowest BCUT2D eigenvalue weighted by atomic mass is 10.1. The lowest BCUT2D eigenvalue weighted by Crippen LogP contribution is -2.04. The third-order valence-corrected chi connectivity index (χ3v) is 3.23. The summed E-state index contributed by atoms with van der Waals surface area (Å²) in [6.45, 7) is 0. The van der Waals surface area contributed by atoms with Crippen LogP contribution in [0.15, 0.2) is 35.7 Å². The van der Waals surface area contributed by atoms with Gasteiger partial charge in [-0.2, -0.15) is 13.2 Å². The van der Waals surface area contributed by atoms with Crippen LogP contribution < -0.4 is 0 Å². The van der Waals surface area contributed by atoms with E-state index >= 15 is 0 Å². The van der Waals surface area contributed by atoms with Gasteiger partial charge >= 0.3 is 6.18 Å². The predicted octanol–water partition coefficient (Wildman–Crippen LogP) is 4.25. The van der Waals surface area contributed by atoms with Crippen molar-refractivity contribution < 1.29 is 18.0 Å². The van der Waals surface area contributed by atoms with E-state index in [2.05, 4.69) is 0 Å². The van der Waals surface area contributed by atoms with Crippen molar-refractivity contribution in [2.75, 3.05) is 0 Å². The van der Waals surface area contributed by atoms with Gasteiger partial charge in [-0.05, 0) is 23.8 Å². The molecule has 0 N–H and O–H groups in total. The molecule has 0 bridgehead atoms. The SMILES string of the molecule is O=Cc1csc(-c2cccc(C(F)(F)F)c2)c1. The molecule has 1 aromatic carbocycles. The summed E-state index contributed by atoms with van der Waals surface area (Å²) in [6.07, 6.45) is -3.67. The van der Waals surface area contributed by atoms with Gasteiger partial charge in [0.25, 0.3) is 0 Å². The van der Waals surface area contributed by atoms with Crippen LogP contribution in [0.4, 0.5) is 13.2 Å². The van der Waals surface area contributed by atoms with E-state index in [1.54, 1.807) is 17.5 Å². The van der Waals surface area contributed by atoms with Crippen LogP contribution in [0, 0.1) is 0 Å². The minimum Gasteiger partial charge on any atom is -0.298 e. The lowest BCUT2D eigenvalue weighted by Gasteiger charge is -2.07. The first-order chi connectivity index (χ1) is 8.00. The summed E-state index contributed by atoms with van der Waals surface area (Å²) in [5.41, 5.74) is 0.261. The molecule has 2 rings (SSSR count). The molecule has 17 heavy (non-hydrogen) atoms. The molecule has 1 nitrogen and oxygen atoms in total. The van der Waals surface area contributed by atoms with Crippen LogP contribution in [0.3, 0.4) is 0 Å². The Morgan fingerprint density at radius 3 is 2.53 bits per heavy atom. The molecule has 0 aliphatic heterocycles. The fourth-order valence-electron chi connectivity index (χ4n) is 1.41. The van der Waals surface area contributed by atoms with Crippen molar-refractivity contribution >= 4 is 17.6 Å². The van der Waals surface area contributed by atoms with E-state index in [0.29, 0.717) is 22.3 Å². The third-order valence-electron chi connectivity index (χ3n) is 2.23. The molecule has 0 spiro atoms. The van der Waals surface area contributed by atoms with Gasteiger partial charge < -0.3 is 0 Å². The second kappa shape index (κ2) is 4.33. The maximum absolute atomic E-state index is 12.5. The van der Waals surface area contributed by atoms with E-state index in [4.69, 9.17) is 0 Å². The maximum Gasteiger partial charge on any atom is 0.416 e. The Morgan fingerprint density at radius 1 is 1.18 bits per heavy atom. The van der Waals surface area contributed by atoms with Gasteiger partial charge in [0.15, 0.2) is 6.29 Å². The number of carbonyl (C=O) groups is 1. The Morgan fingerprint density at radius 2 is 1.94 bits per heavy atom. The molecule has 0 fully saturated rings. The second-order valence-corrected chi connectivity index (χ2v) is 4.35. The third kappa shape index (κ3) is 2.55. The number of halogens is 3. The van der Waals surface area contributed by atoms with E-state index in [-0.39, 0.29) is 0 Å². The molecule has 5 heteroatoms. The molecular weight excluding hydrogens is 249 g/mol. The molecule has 0 saturated carbocycles. The van der Waals surface area contributed by atoms with Crippen molar-refractivity contribution in [3.8, 4) is 10.4 Å². The van der Waals surface area contributed by atoms with E-state index in [9.17, 15) is 18.0 Å². The molecule has 88 valence electrons. The Kier molecular flexibility index (Phi) is 3.02. The quantitative estimate of drug-likeness (QED) is 0.734. The van der Waals surface area contributed by atoms with E-state index in [1.165, 1.54) is 17.4 Å². The first-order valence-corrected chi connectivity index (χ1v) is 5.60. The predicted molar refractivity (Wildman–Crippen MR) is 60.1 cm³/mol. The van der Waals surface area contributed by atoms with Crippen molar-refractivity contribution in [2.24, 2.45) is 0 Å². The van der Waals surface area contributed by atoms with Gasteiger partial charge in [-0.25, -0.2) is 0 Å². The molecule has 0 aliphatic carbocycles. The highest BCUT2D eigenvalue weighted by Crippen LogP contribution is 2.33. The summed E-state index contributed by atoms with van der Waals surface area (Å²) in [7, 11) is 0. The molecule has 1 aromatic heterocycles. The van der Waals surface area contributed by atoms with Crippen molar-refractivity contribution in [1.29, 1.82) is 0 Å². The van der Waals surface area contributed by atoms with E-state index < -0.39 is 11.7 Å². The first-order valence-electron chi connectivity index (χ1n) is 4.72. The van der Waals surface area contributed by atoms with Gasteiger partial charge in [-0.15, -0.1) is 11.3 Å². The molecule has 0 unspecified atom stereocenters. The smallest absolute Gasteiger partial charge is 0.298 e. The number of alkyl halides is 3. The summed E-state index contributed by atoms with van der Waals surface area (Å²) in [6, 6.07) is 6.64. The van der Waals surface area contributed by atoms with E-state index in [0.717, 1.165) is 12.1 Å². The number of aldehydes is 1. The lowest BCUT2D eigenvalue weighted by molar-refractivity contribution is -0.137. The molecule has 2 aromatic rings. The van der Waals surface area contributed by atoms with Crippen LogP contribution in [0.5, 0.6) is 0 Å². The topological polar surface area (TPSA) is 17.1 Å². The standard InChI is InChI=1S/C12H7F3OS/c13-12(14,15)10-3-1-2-9(5-10)11-4-8(6-16)7-17-11/h1-7H. The Balaban J connectivity index is 2.42. The van der Waals surface area contributed by atoms with Crippen molar-refractivity contribution in [3.63, 3.8) is 0 Å². The first kappa shape index (κ1) is 11.9. The monoisotopic (exact) mass is 256 g/mol. The molecule has 0 amide bonds. The van der Waals surface area contributed by atoms with Gasteiger partial charge in [-0.3, -0.25) is 4.79 Å². The largest absolute Gasteiger partial charge is 0.416 e. The Bertz CT molecular complexity index is 543. The molecule has 0 saturated heterocycles. The van der Waals surface area contributed by atoms with Crippen LogP contribution in [0.2, 0.25) is 0 Å². The highest BCUT2D eigenvalue weighted by Gasteiger charge is 2.30. The Labute approximate surface area is 99.5 Å². The van der Waals surface area contributed by atoms with Gasteiger partial charge in [0.05, 0.1) is 5.56 Å². The highest BCUT2D eigenvalue weighted by atomic mass is 32.1. The average Bonchev–Trinajstić information content (AvgIpc) is 2.76. The van der Waals surface area contributed by atoms with Crippen LogP contribution in [0.1, 0.15) is 15.9 Å². The number of hydrogen-bond acceptors (Lipinski definition) is 2. The van der Waals surface area contributed by atoms with Crippen LogP contribution in [-0.4, -0.2) is 6.29 Å². The molecule has 0 aliphatic rings. The number of thiophene rings is 1. The Hall–Kier alpha value is -1.62. The van der Waals surface area contributed by atoms with Crippen molar-refractivity contribution in [3.05, 3.63) is 46.8 Å². The minimum absolute atomic E-state index is 0.470. The van der Waals surface area contributed by atoms with Gasteiger partial charge in [-0.1, -0.05) is 12.1 Å². The van der Waals surface area contributed by atoms with Crippen LogP contribution in [-0.2, 0) is 6.18 Å². The van der Waals surface area contributed by atoms with Gasteiger partial charge in [0, 0.05) is 15.8 Å². The van der Waals surface area contributed by atoms with Crippen molar-refractivity contribution in [1.82, 2.24) is 0 Å². The highest BCUT2D eigenvalue weighted by molar-refractivity contribution is 7.13. The average molecular weight is 256 g/mol. The summed E-state index contributed by atoms with van der Waals surface area (Å²) < 4.78 is 37.5. The fraction of sp³-hybridized carbons (Fsp3) is 0.0833. The molecule has 1 heterocycles. The number of carbonyl (C=O) groups excluding carboxylic acids is 1. The van der Waals surface area contributed by atoms with Crippen LogP contribution in [0.25, 0.3) is 10.4 Å². The summed E-state index contributed by atoms with van der Waals surface area (Å²) in [4.78, 5) is 11.2. The minimum atomic E-state index is -4.35. The van der Waals surface area contributed by atoms with E-state index in [1.807, 2.05) is 0 Å². The second-order valence-electron chi connectivity index (χ2n) is 3.44. The maximum atomic E-state index is 12.5. The van der Waals surface area contributed by atoms with Crippen LogP contribution >= 0.6 is 11.3 Å². The number of hydrogen-bond donors (Lipinski definition) is 0. The molecular formula is C12H7F3OS. The molecule has 0 atom stereocenters. The summed E-state index contributed by atoms with van der Waals surface area (Å²) >= 11 is 1.25. The fourth-order valence-corrected chi connectivity index (χ4v) is 2.27. The number of benzene rings is 1. The summed E-state index contributed by atoms with van der Waals surface area (Å²) in [5.74, 6) is 0. The van der Waals surface area contributed by atoms with Crippen molar-refractivity contribution in [2.45, 2.75) is 6.18 Å². The zero-order valence-electron chi connectivity index (χ0n) is 8.49. The zero-order valence-corrected chi connectivity index (χ0v) is 9.31. The zero-order chi connectivity index (χ0) is 12.5. The number of rotatable bonds is 2. The molecule has 0 radical (unpaired) electrons. The van der Waals surface area contributed by atoms with Gasteiger partial charge in [0.1, 0.15) is 0 Å². The van der Waals surface area contributed by atoms with Gasteiger partial charge in [0.2, 0.25) is 0 Å². The normalized spacial score (nSPS) is 11.5. The summed E-state index contributed by atoms with van der Waals surface area (Å²) in [5, 5.41) is 1.61.